The van der Waals surface area contributed by atoms with Crippen molar-refractivity contribution in [2.75, 3.05) is 13.1 Å². The van der Waals surface area contributed by atoms with Crippen molar-refractivity contribution in [3.63, 3.8) is 0 Å². The fraction of sp³-hybridized carbons (Fsp3) is 0.150. The van der Waals surface area contributed by atoms with Gasteiger partial charge in [-0.3, -0.25) is 4.98 Å². The largest absolute Gasteiger partial charge is 0.465 e. The molecule has 6 nitrogen and oxygen atoms in total. The van der Waals surface area contributed by atoms with Crippen LogP contribution in [0.15, 0.2) is 59.2 Å². The van der Waals surface area contributed by atoms with Crippen LogP contribution in [-0.2, 0) is 0 Å². The summed E-state index contributed by atoms with van der Waals surface area (Å²) in [6.07, 6.45) is 3.08. The van der Waals surface area contributed by atoms with E-state index >= 15 is 0 Å². The fourth-order valence-electron chi connectivity index (χ4n) is 2.98. The molecule has 7 heteroatoms. The summed E-state index contributed by atoms with van der Waals surface area (Å²) in [6, 6.07) is 11.4. The summed E-state index contributed by atoms with van der Waals surface area (Å²) in [7, 11) is 0. The van der Waals surface area contributed by atoms with Gasteiger partial charge in [0, 0.05) is 24.8 Å². The third-order valence-corrected chi connectivity index (χ3v) is 4.40. The van der Waals surface area contributed by atoms with Crippen LogP contribution in [0.5, 0.6) is 0 Å². The first-order valence-corrected chi connectivity index (χ1v) is 8.47. The second kappa shape index (κ2) is 7.03. The molecule has 1 aromatic carbocycles. The minimum atomic E-state index is -0.945. The van der Waals surface area contributed by atoms with E-state index in [4.69, 9.17) is 9.52 Å². The molecule has 4 rings (SSSR count). The number of hydrogen-bond acceptors (Lipinski definition) is 4. The molecule has 1 aliphatic heterocycles. The van der Waals surface area contributed by atoms with E-state index in [1.54, 1.807) is 18.3 Å². The molecule has 1 aliphatic rings. The molecule has 0 atom stereocenters. The molecule has 3 heterocycles. The van der Waals surface area contributed by atoms with E-state index in [1.165, 1.54) is 17.0 Å². The number of carboxylic acid groups (broad SMARTS) is 1. The first-order chi connectivity index (χ1) is 13.1. The summed E-state index contributed by atoms with van der Waals surface area (Å²) in [5.74, 6) is 0.601. The highest BCUT2D eigenvalue weighted by atomic mass is 19.1. The molecule has 0 fully saturated rings. The summed E-state index contributed by atoms with van der Waals surface area (Å²) in [5.41, 5.74) is 2.79. The van der Waals surface area contributed by atoms with Crippen LogP contribution in [-0.4, -0.2) is 39.2 Å². The number of carbonyl (C=O) groups is 1. The second-order valence-corrected chi connectivity index (χ2v) is 6.13. The van der Waals surface area contributed by atoms with Crippen LogP contribution < -0.4 is 0 Å². The zero-order valence-corrected chi connectivity index (χ0v) is 14.3. The van der Waals surface area contributed by atoms with Crippen molar-refractivity contribution in [2.24, 2.45) is 0 Å². The molecule has 0 unspecified atom stereocenters. The lowest BCUT2D eigenvalue weighted by Gasteiger charge is -2.22. The first kappa shape index (κ1) is 17.0. The Morgan fingerprint density at radius 1 is 1.19 bits per heavy atom. The van der Waals surface area contributed by atoms with Crippen molar-refractivity contribution < 1.29 is 18.7 Å². The lowest BCUT2D eigenvalue weighted by Crippen LogP contribution is -2.33. The van der Waals surface area contributed by atoms with Gasteiger partial charge in [0.2, 0.25) is 5.89 Å². The van der Waals surface area contributed by atoms with Crippen molar-refractivity contribution in [3.8, 4) is 22.8 Å². The second-order valence-electron chi connectivity index (χ2n) is 6.13. The molecule has 0 bridgehead atoms. The Bertz CT molecular complexity index is 997. The lowest BCUT2D eigenvalue weighted by molar-refractivity contribution is 0.150. The van der Waals surface area contributed by atoms with Crippen LogP contribution in [0.3, 0.4) is 0 Å². The number of amides is 1. The van der Waals surface area contributed by atoms with Crippen molar-refractivity contribution in [3.05, 3.63) is 66.3 Å². The number of halogens is 1. The third kappa shape index (κ3) is 3.44. The molecule has 3 aromatic rings. The summed E-state index contributed by atoms with van der Waals surface area (Å²) >= 11 is 0. The summed E-state index contributed by atoms with van der Waals surface area (Å²) in [6.45, 7) is 0.675. The number of nitrogens with zero attached hydrogens (tertiary/aromatic N) is 3. The van der Waals surface area contributed by atoms with Crippen molar-refractivity contribution >= 4 is 11.7 Å². The molecular weight excluding hydrogens is 349 g/mol. The molecule has 0 saturated heterocycles. The van der Waals surface area contributed by atoms with E-state index in [1.807, 2.05) is 24.3 Å². The molecule has 27 heavy (non-hydrogen) atoms. The molecule has 2 aromatic heterocycles. The molecule has 0 saturated carbocycles. The van der Waals surface area contributed by atoms with Gasteiger partial charge in [0.25, 0.3) is 0 Å². The van der Waals surface area contributed by atoms with Crippen LogP contribution in [0.1, 0.15) is 12.2 Å². The number of hydrogen-bond donors (Lipinski definition) is 1. The average Bonchev–Trinajstić information content (AvgIpc) is 3.15. The summed E-state index contributed by atoms with van der Waals surface area (Å²) in [4.78, 5) is 21.4. The zero-order chi connectivity index (χ0) is 18.8. The normalized spacial score (nSPS) is 14.1. The van der Waals surface area contributed by atoms with Crippen LogP contribution in [0.4, 0.5) is 9.18 Å². The van der Waals surface area contributed by atoms with Crippen molar-refractivity contribution in [2.45, 2.75) is 6.42 Å². The van der Waals surface area contributed by atoms with Gasteiger partial charge in [-0.1, -0.05) is 12.1 Å². The maximum atomic E-state index is 13.2. The van der Waals surface area contributed by atoms with Crippen LogP contribution in [0, 0.1) is 5.82 Å². The Morgan fingerprint density at radius 3 is 2.63 bits per heavy atom. The minimum Gasteiger partial charge on any atom is -0.465 e. The van der Waals surface area contributed by atoms with Gasteiger partial charge < -0.3 is 14.4 Å². The predicted molar refractivity (Wildman–Crippen MR) is 97.3 cm³/mol. The van der Waals surface area contributed by atoms with Crippen LogP contribution in [0.25, 0.3) is 28.4 Å². The van der Waals surface area contributed by atoms with Crippen molar-refractivity contribution in [1.82, 2.24) is 14.9 Å². The van der Waals surface area contributed by atoms with E-state index in [9.17, 15) is 9.18 Å². The molecule has 136 valence electrons. The van der Waals surface area contributed by atoms with E-state index in [0.717, 1.165) is 5.57 Å². The quantitative estimate of drug-likeness (QED) is 0.748. The minimum absolute atomic E-state index is 0.291. The van der Waals surface area contributed by atoms with Gasteiger partial charge in [-0.05, 0) is 48.4 Å². The van der Waals surface area contributed by atoms with Gasteiger partial charge in [-0.25, -0.2) is 14.2 Å². The number of benzene rings is 1. The Kier molecular flexibility index (Phi) is 4.42. The first-order valence-electron chi connectivity index (χ1n) is 8.47. The van der Waals surface area contributed by atoms with E-state index in [-0.39, 0.29) is 5.82 Å². The maximum absolute atomic E-state index is 13.2. The zero-order valence-electron chi connectivity index (χ0n) is 14.3. The van der Waals surface area contributed by atoms with Gasteiger partial charge in [0.1, 0.15) is 11.5 Å². The Morgan fingerprint density at radius 2 is 2.00 bits per heavy atom. The van der Waals surface area contributed by atoms with E-state index < -0.39 is 6.09 Å². The average molecular weight is 365 g/mol. The fourth-order valence-corrected chi connectivity index (χ4v) is 2.98. The molecule has 0 aliphatic carbocycles. The Balaban J connectivity index is 1.78. The highest BCUT2D eigenvalue weighted by Crippen LogP contribution is 2.35. The van der Waals surface area contributed by atoms with Gasteiger partial charge in [-0.2, -0.15) is 0 Å². The maximum Gasteiger partial charge on any atom is 0.407 e. The van der Waals surface area contributed by atoms with E-state index in [0.29, 0.717) is 48.1 Å². The highest BCUT2D eigenvalue weighted by molar-refractivity contribution is 5.78. The molecule has 1 amide bonds. The number of oxazole rings is 1. The Labute approximate surface area is 154 Å². The third-order valence-electron chi connectivity index (χ3n) is 4.40. The number of pyridine rings is 1. The summed E-state index contributed by atoms with van der Waals surface area (Å²) < 4.78 is 19.2. The topological polar surface area (TPSA) is 79.5 Å². The SMILES string of the molecule is O=C(O)N1CC=C(c2oc(-c3ccc(F)cc3)nc2-c2ccccn2)CC1. The predicted octanol–water partition coefficient (Wildman–Crippen LogP) is 4.31. The molecule has 1 N–H and O–H groups in total. The standard InChI is InChI=1S/C20H16FN3O3/c21-15-6-4-14(5-7-15)19-23-17(16-3-1-2-10-22-16)18(27-19)13-8-11-24(12-9-13)20(25)26/h1-8,10H,9,11-12H2,(H,25,26). The smallest absolute Gasteiger partial charge is 0.407 e. The van der Waals surface area contributed by atoms with Crippen LogP contribution >= 0.6 is 0 Å². The monoisotopic (exact) mass is 365 g/mol. The number of rotatable bonds is 3. The van der Waals surface area contributed by atoms with Gasteiger partial charge in [0.15, 0.2) is 5.76 Å². The molecule has 0 radical (unpaired) electrons. The lowest BCUT2D eigenvalue weighted by atomic mass is 10.0. The summed E-state index contributed by atoms with van der Waals surface area (Å²) in [5, 5.41) is 9.12. The van der Waals surface area contributed by atoms with Crippen LogP contribution in [0.2, 0.25) is 0 Å². The van der Waals surface area contributed by atoms with E-state index in [2.05, 4.69) is 9.97 Å². The highest BCUT2D eigenvalue weighted by Gasteiger charge is 2.24. The van der Waals surface area contributed by atoms with Gasteiger partial charge in [-0.15, -0.1) is 0 Å². The van der Waals surface area contributed by atoms with Gasteiger partial charge >= 0.3 is 6.09 Å². The molecule has 0 spiro atoms. The molecular formula is C20H16FN3O3. The van der Waals surface area contributed by atoms with Crippen molar-refractivity contribution in [1.29, 1.82) is 0 Å². The Hall–Kier alpha value is -3.48. The number of aromatic nitrogens is 2. The van der Waals surface area contributed by atoms with Gasteiger partial charge in [0.05, 0.1) is 5.69 Å².